The van der Waals surface area contributed by atoms with Crippen LogP contribution >= 0.6 is 0 Å². The number of rotatable bonds is 10. The Labute approximate surface area is 188 Å². The van der Waals surface area contributed by atoms with E-state index in [9.17, 15) is 18.3 Å². The van der Waals surface area contributed by atoms with Crippen LogP contribution < -0.4 is 14.4 Å². The molecule has 0 aliphatic carbocycles. The third-order valence-electron chi connectivity index (χ3n) is 5.96. The molecule has 176 valence electrons. The van der Waals surface area contributed by atoms with Crippen molar-refractivity contribution in [2.24, 2.45) is 5.92 Å². The van der Waals surface area contributed by atoms with E-state index in [1.807, 2.05) is 19.1 Å². The maximum atomic E-state index is 12.2. The van der Waals surface area contributed by atoms with Crippen LogP contribution in [0.1, 0.15) is 44.6 Å². The lowest BCUT2D eigenvalue weighted by molar-refractivity contribution is -0.274. The van der Waals surface area contributed by atoms with Crippen LogP contribution in [0.3, 0.4) is 0 Å². The van der Waals surface area contributed by atoms with Crippen molar-refractivity contribution in [2.75, 3.05) is 24.6 Å². The highest BCUT2D eigenvalue weighted by molar-refractivity contribution is 5.49. The maximum absolute atomic E-state index is 12.2. The molecule has 0 radical (unpaired) electrons. The average Bonchev–Trinajstić information content (AvgIpc) is 2.78. The molecule has 1 aliphatic heterocycles. The van der Waals surface area contributed by atoms with Gasteiger partial charge in [-0.15, -0.1) is 13.2 Å². The van der Waals surface area contributed by atoms with E-state index in [0.717, 1.165) is 56.5 Å². The molecule has 1 N–H and O–H groups in total. The summed E-state index contributed by atoms with van der Waals surface area (Å²) in [5.74, 6) is 1.28. The van der Waals surface area contributed by atoms with E-state index in [2.05, 4.69) is 21.8 Å². The van der Waals surface area contributed by atoms with E-state index < -0.39 is 12.5 Å². The highest BCUT2D eigenvalue weighted by Crippen LogP contribution is 2.28. The van der Waals surface area contributed by atoms with Gasteiger partial charge in [0.05, 0.1) is 6.10 Å². The van der Waals surface area contributed by atoms with E-state index in [1.165, 1.54) is 17.8 Å². The van der Waals surface area contributed by atoms with Gasteiger partial charge in [-0.2, -0.15) is 0 Å². The summed E-state index contributed by atoms with van der Waals surface area (Å²) in [6.45, 7) is 4.27. The topological polar surface area (TPSA) is 41.9 Å². The van der Waals surface area contributed by atoms with Crippen molar-refractivity contribution < 1.29 is 27.8 Å². The summed E-state index contributed by atoms with van der Waals surface area (Å²) in [5.41, 5.74) is 2.22. The first kappa shape index (κ1) is 24.2. The third kappa shape index (κ3) is 7.93. The van der Waals surface area contributed by atoms with Crippen molar-refractivity contribution in [2.45, 2.75) is 57.9 Å². The van der Waals surface area contributed by atoms with E-state index in [1.54, 1.807) is 12.1 Å². The Morgan fingerprint density at radius 3 is 2.22 bits per heavy atom. The van der Waals surface area contributed by atoms with Crippen LogP contribution in [-0.2, 0) is 6.42 Å². The number of aliphatic hydroxyl groups excluding tert-OH is 1. The second kappa shape index (κ2) is 11.5. The first-order chi connectivity index (χ1) is 15.3. The zero-order valence-electron chi connectivity index (χ0n) is 18.5. The van der Waals surface area contributed by atoms with Crippen molar-refractivity contribution in [1.82, 2.24) is 0 Å². The van der Waals surface area contributed by atoms with Crippen LogP contribution in [0.2, 0.25) is 0 Å². The fraction of sp³-hybridized carbons (Fsp3) is 0.520. The number of ether oxygens (including phenoxy) is 2. The molecule has 1 unspecified atom stereocenters. The molecule has 0 aromatic heterocycles. The Kier molecular flexibility index (Phi) is 8.67. The van der Waals surface area contributed by atoms with Gasteiger partial charge in [-0.05, 0) is 86.4 Å². The maximum Gasteiger partial charge on any atom is 0.573 e. The Morgan fingerprint density at radius 2 is 1.62 bits per heavy atom. The number of hydrogen-bond acceptors (Lipinski definition) is 4. The summed E-state index contributed by atoms with van der Waals surface area (Å²) < 4.78 is 46.2. The van der Waals surface area contributed by atoms with Crippen molar-refractivity contribution in [3.8, 4) is 11.5 Å². The molecule has 2 aromatic rings. The summed E-state index contributed by atoms with van der Waals surface area (Å²) in [4.78, 5) is 2.39. The van der Waals surface area contributed by atoms with Crippen LogP contribution in [0.25, 0.3) is 0 Å². The minimum Gasteiger partial charge on any atom is -0.491 e. The monoisotopic (exact) mass is 451 g/mol. The number of alkyl halides is 3. The van der Waals surface area contributed by atoms with Gasteiger partial charge >= 0.3 is 6.36 Å². The first-order valence-corrected chi connectivity index (χ1v) is 11.3. The van der Waals surface area contributed by atoms with Crippen LogP contribution in [0.4, 0.5) is 18.9 Å². The van der Waals surface area contributed by atoms with Crippen LogP contribution in [0, 0.1) is 5.92 Å². The second-order valence-electron chi connectivity index (χ2n) is 8.38. The Morgan fingerprint density at radius 1 is 1.00 bits per heavy atom. The van der Waals surface area contributed by atoms with Gasteiger partial charge in [-0.3, -0.25) is 0 Å². The smallest absolute Gasteiger partial charge is 0.491 e. The second-order valence-corrected chi connectivity index (χ2v) is 8.38. The minimum atomic E-state index is -4.65. The van der Waals surface area contributed by atoms with Gasteiger partial charge in [0.2, 0.25) is 0 Å². The van der Waals surface area contributed by atoms with Crippen LogP contribution in [0.5, 0.6) is 11.5 Å². The molecule has 0 saturated carbocycles. The lowest BCUT2D eigenvalue weighted by Gasteiger charge is -2.33. The summed E-state index contributed by atoms with van der Waals surface area (Å²) >= 11 is 0. The highest BCUT2D eigenvalue weighted by atomic mass is 19.4. The predicted molar refractivity (Wildman–Crippen MR) is 119 cm³/mol. The van der Waals surface area contributed by atoms with Gasteiger partial charge in [0, 0.05) is 18.8 Å². The number of benzene rings is 2. The normalized spacial score (nSPS) is 16.1. The molecule has 0 bridgehead atoms. The van der Waals surface area contributed by atoms with E-state index in [0.29, 0.717) is 18.9 Å². The molecule has 1 aliphatic rings. The number of aliphatic hydroxyl groups is 1. The predicted octanol–water partition coefficient (Wildman–Crippen LogP) is 5.97. The largest absolute Gasteiger partial charge is 0.573 e. The van der Waals surface area contributed by atoms with Gasteiger partial charge in [0.15, 0.2) is 0 Å². The number of anilines is 1. The van der Waals surface area contributed by atoms with Crippen molar-refractivity contribution >= 4 is 5.69 Å². The van der Waals surface area contributed by atoms with Crippen LogP contribution in [0.15, 0.2) is 48.5 Å². The highest BCUT2D eigenvalue weighted by Gasteiger charge is 2.30. The minimum absolute atomic E-state index is 0.174. The molecule has 1 fully saturated rings. The summed E-state index contributed by atoms with van der Waals surface area (Å²) in [5, 5.41) is 9.60. The molecule has 7 heteroatoms. The first-order valence-electron chi connectivity index (χ1n) is 11.3. The molecule has 1 heterocycles. The van der Waals surface area contributed by atoms with Gasteiger partial charge in [-0.1, -0.05) is 19.1 Å². The summed E-state index contributed by atoms with van der Waals surface area (Å²) in [7, 11) is 0. The van der Waals surface area contributed by atoms with E-state index in [4.69, 9.17) is 4.74 Å². The van der Waals surface area contributed by atoms with Gasteiger partial charge in [0.1, 0.15) is 18.1 Å². The molecule has 3 rings (SSSR count). The summed E-state index contributed by atoms with van der Waals surface area (Å²) in [6, 6.07) is 14.2. The molecule has 0 spiro atoms. The van der Waals surface area contributed by atoms with E-state index >= 15 is 0 Å². The van der Waals surface area contributed by atoms with E-state index in [-0.39, 0.29) is 5.75 Å². The number of halogens is 3. The molecule has 4 nitrogen and oxygen atoms in total. The zero-order chi connectivity index (χ0) is 23.0. The fourth-order valence-electron chi connectivity index (χ4n) is 4.00. The summed E-state index contributed by atoms with van der Waals surface area (Å²) in [6.07, 6.45) is 0.887. The fourth-order valence-corrected chi connectivity index (χ4v) is 4.00. The van der Waals surface area contributed by atoms with Crippen molar-refractivity contribution in [3.63, 3.8) is 0 Å². The quantitative estimate of drug-likeness (QED) is 0.483. The lowest BCUT2D eigenvalue weighted by Crippen LogP contribution is -2.33. The van der Waals surface area contributed by atoms with Crippen LogP contribution in [-0.4, -0.2) is 37.3 Å². The van der Waals surface area contributed by atoms with Gasteiger partial charge in [-0.25, -0.2) is 0 Å². The number of aryl methyl sites for hydroxylation is 1. The average molecular weight is 452 g/mol. The van der Waals surface area contributed by atoms with Gasteiger partial charge < -0.3 is 19.5 Å². The number of hydrogen-bond donors (Lipinski definition) is 1. The van der Waals surface area contributed by atoms with Crippen molar-refractivity contribution in [1.29, 1.82) is 0 Å². The van der Waals surface area contributed by atoms with Gasteiger partial charge in [0.25, 0.3) is 0 Å². The molecule has 1 saturated heterocycles. The molecule has 0 amide bonds. The Balaban J connectivity index is 1.36. The molecular formula is C25H32F3NO3. The standard InChI is InChI=1S/C25H32F3NO3/c1-2-22(30)18-31-23-12-8-21(9-13-23)29-16-14-20(15-17-29)5-3-4-19-6-10-24(11-7-19)32-25(26,27)28/h6-13,20,22,30H,2-5,14-18H2,1H3. The van der Waals surface area contributed by atoms with Crippen molar-refractivity contribution in [3.05, 3.63) is 54.1 Å². The molecule has 2 aromatic carbocycles. The Hall–Kier alpha value is -2.41. The number of piperidine rings is 1. The lowest BCUT2D eigenvalue weighted by atomic mass is 9.90. The Bertz CT molecular complexity index is 801. The molecule has 1 atom stereocenters. The number of nitrogens with zero attached hydrogens (tertiary/aromatic N) is 1. The molecule has 32 heavy (non-hydrogen) atoms. The SMILES string of the molecule is CCC(O)COc1ccc(N2CCC(CCCc3ccc(OC(F)(F)F)cc3)CC2)cc1. The zero-order valence-corrected chi connectivity index (χ0v) is 18.5. The third-order valence-corrected chi connectivity index (χ3v) is 5.96. The molecular weight excluding hydrogens is 419 g/mol.